The number of aromatic nitrogens is 2. The molecule has 10 atom stereocenters. The number of ether oxygens (including phenoxy) is 1. The van der Waals surface area contributed by atoms with Gasteiger partial charge in [-0.25, -0.2) is 9.97 Å². The Morgan fingerprint density at radius 3 is 2.21 bits per heavy atom. The van der Waals surface area contributed by atoms with E-state index in [-0.39, 0.29) is 62.7 Å². The summed E-state index contributed by atoms with van der Waals surface area (Å²) in [6, 6.07) is 1.70. The van der Waals surface area contributed by atoms with Crippen LogP contribution in [-0.2, 0) is 19.1 Å². The predicted octanol–water partition coefficient (Wildman–Crippen LogP) is 8.60. The number of nitrogens with one attached hydrogen (secondary N) is 2. The molecule has 0 spiro atoms. The van der Waals surface area contributed by atoms with Gasteiger partial charge in [0.05, 0.1) is 11.8 Å². The maximum atomic E-state index is 14.1. The molecule has 1 aromatic heterocycles. The van der Waals surface area contributed by atoms with Crippen molar-refractivity contribution >= 4 is 23.6 Å². The number of rotatable bonds is 11. The van der Waals surface area contributed by atoms with Gasteiger partial charge in [0.1, 0.15) is 6.10 Å². The predicted molar refractivity (Wildman–Crippen MR) is 223 cm³/mol. The standard InChI is InChI=1S/C48H72N4O6/c1-28(2)36-32(53)26-48(21-24-49-27-42(3,4)52-39(54)38-50-22-12-23-51-38)20-19-46(10)29(37(36)48)13-14-34-45(9)17-16-35(44(7,8)33(45)15-18-47(34,46)11)58-41(57)31-25-30(40(55)56)43(31,5)6/h12,22-23,28-31,33-35,49H,13-21,24-27H2,1-11H3,(H,52,54)(H,55,56)/t29-,30+,31-,33+,34-,35+,45+,46-,47-,48-/m1/s1. The zero-order valence-corrected chi connectivity index (χ0v) is 37.3. The molecule has 10 heteroatoms. The van der Waals surface area contributed by atoms with Crippen LogP contribution in [0, 0.1) is 68.0 Å². The summed E-state index contributed by atoms with van der Waals surface area (Å²) in [5.41, 5.74) is 1.43. The van der Waals surface area contributed by atoms with Gasteiger partial charge in [-0.1, -0.05) is 67.9 Å². The number of hydrogen-bond donors (Lipinski definition) is 3. The molecule has 6 aliphatic carbocycles. The smallest absolute Gasteiger partial charge is 0.309 e. The van der Waals surface area contributed by atoms with Gasteiger partial charge in [-0.3, -0.25) is 19.2 Å². The quantitative estimate of drug-likeness (QED) is 0.148. The van der Waals surface area contributed by atoms with E-state index >= 15 is 0 Å². The van der Waals surface area contributed by atoms with Crippen molar-refractivity contribution in [3.05, 3.63) is 35.4 Å². The van der Waals surface area contributed by atoms with Crippen LogP contribution in [0.5, 0.6) is 0 Å². The molecule has 320 valence electrons. The van der Waals surface area contributed by atoms with E-state index < -0.39 is 22.8 Å². The second-order valence-electron chi connectivity index (χ2n) is 22.6. The number of hydrogen-bond acceptors (Lipinski definition) is 8. The summed E-state index contributed by atoms with van der Waals surface area (Å²) in [5, 5.41) is 16.4. The summed E-state index contributed by atoms with van der Waals surface area (Å²) < 4.78 is 6.43. The lowest BCUT2D eigenvalue weighted by atomic mass is 9.33. The first-order valence-corrected chi connectivity index (χ1v) is 22.5. The molecular formula is C48H72N4O6. The average Bonchev–Trinajstić information content (AvgIpc) is 3.43. The number of nitrogens with zero attached hydrogens (tertiary/aromatic N) is 2. The summed E-state index contributed by atoms with van der Waals surface area (Å²) in [6.07, 6.45) is 13.3. The van der Waals surface area contributed by atoms with Crippen LogP contribution in [0.3, 0.4) is 0 Å². The van der Waals surface area contributed by atoms with Gasteiger partial charge < -0.3 is 20.5 Å². The molecular weight excluding hydrogens is 729 g/mol. The summed E-state index contributed by atoms with van der Waals surface area (Å²) in [4.78, 5) is 60.6. The Labute approximate surface area is 347 Å². The first-order chi connectivity index (χ1) is 27.0. The van der Waals surface area contributed by atoms with Crippen LogP contribution in [0.15, 0.2) is 29.6 Å². The third-order valence-corrected chi connectivity index (χ3v) is 18.2. The van der Waals surface area contributed by atoms with E-state index in [0.29, 0.717) is 42.9 Å². The zero-order valence-electron chi connectivity index (χ0n) is 37.3. The number of carbonyl (C=O) groups excluding carboxylic acids is 3. The first-order valence-electron chi connectivity index (χ1n) is 22.5. The third-order valence-electron chi connectivity index (χ3n) is 18.2. The van der Waals surface area contributed by atoms with E-state index in [9.17, 15) is 24.3 Å². The third kappa shape index (κ3) is 6.59. The molecule has 5 saturated carbocycles. The fourth-order valence-electron chi connectivity index (χ4n) is 14.8. The van der Waals surface area contributed by atoms with Crippen LogP contribution in [0.1, 0.15) is 157 Å². The highest BCUT2D eigenvalue weighted by Crippen LogP contribution is 2.77. The Morgan fingerprint density at radius 2 is 1.57 bits per heavy atom. The van der Waals surface area contributed by atoms with Gasteiger partial charge >= 0.3 is 11.9 Å². The van der Waals surface area contributed by atoms with Crippen molar-refractivity contribution in [3.63, 3.8) is 0 Å². The van der Waals surface area contributed by atoms with Crippen molar-refractivity contribution in [1.29, 1.82) is 0 Å². The number of Topliss-reactive ketones (excluding diaryl/α,β-unsaturated/α-hetero) is 1. The monoisotopic (exact) mass is 801 g/mol. The molecule has 0 aliphatic heterocycles. The maximum Gasteiger partial charge on any atom is 0.309 e. The lowest BCUT2D eigenvalue weighted by Crippen LogP contribution is -2.66. The SMILES string of the molecule is CC(C)C1=C2[C@H]3CC[C@@H]4[C@@]5(C)CC[C@H](OC(=O)[C@H]6C[C@@H](C(=O)O)C6(C)C)C(C)(C)[C@@H]5CC[C@@]4(C)[C@]3(C)CC[C@@]2(CCNCC(C)(C)NC(=O)c2ncccn2)CC1=O. The highest BCUT2D eigenvalue weighted by Gasteiger charge is 2.70. The topological polar surface area (TPSA) is 148 Å². The van der Waals surface area contributed by atoms with E-state index in [0.717, 1.165) is 69.9 Å². The van der Waals surface area contributed by atoms with Crippen LogP contribution in [0.2, 0.25) is 0 Å². The van der Waals surface area contributed by atoms with Crippen molar-refractivity contribution in [2.24, 2.45) is 68.0 Å². The molecule has 5 fully saturated rings. The van der Waals surface area contributed by atoms with Crippen molar-refractivity contribution in [2.75, 3.05) is 13.1 Å². The van der Waals surface area contributed by atoms with Crippen LogP contribution in [0.4, 0.5) is 0 Å². The van der Waals surface area contributed by atoms with E-state index in [2.05, 4.69) is 69.1 Å². The Balaban J connectivity index is 1.07. The van der Waals surface area contributed by atoms with E-state index in [1.165, 1.54) is 5.57 Å². The van der Waals surface area contributed by atoms with Gasteiger partial charge in [0, 0.05) is 41.7 Å². The average molecular weight is 801 g/mol. The lowest BCUT2D eigenvalue weighted by molar-refractivity contribution is -0.236. The van der Waals surface area contributed by atoms with Crippen LogP contribution >= 0.6 is 0 Å². The summed E-state index contributed by atoms with van der Waals surface area (Å²) in [6.45, 7) is 26.0. The number of fused-ring (bicyclic) bond motifs is 7. The van der Waals surface area contributed by atoms with Gasteiger partial charge in [0.15, 0.2) is 5.78 Å². The highest BCUT2D eigenvalue weighted by atomic mass is 16.5. The largest absolute Gasteiger partial charge is 0.481 e. The second kappa shape index (κ2) is 14.5. The highest BCUT2D eigenvalue weighted by molar-refractivity contribution is 6.00. The number of allylic oxidation sites excluding steroid dienone is 2. The fourth-order valence-corrected chi connectivity index (χ4v) is 14.8. The van der Waals surface area contributed by atoms with Gasteiger partial charge in [-0.2, -0.15) is 0 Å². The summed E-state index contributed by atoms with van der Waals surface area (Å²) >= 11 is 0. The summed E-state index contributed by atoms with van der Waals surface area (Å²) in [7, 11) is 0. The minimum absolute atomic E-state index is 0.0661. The Hall–Kier alpha value is -3.14. The van der Waals surface area contributed by atoms with Crippen LogP contribution in [-0.4, -0.2) is 63.4 Å². The normalized spacial score (nSPS) is 38.8. The minimum Gasteiger partial charge on any atom is -0.481 e. The summed E-state index contributed by atoms with van der Waals surface area (Å²) in [5.74, 6) is -0.195. The molecule has 1 heterocycles. The molecule has 58 heavy (non-hydrogen) atoms. The molecule has 7 rings (SSSR count). The number of aliphatic carboxylic acids is 1. The number of ketones is 1. The van der Waals surface area contributed by atoms with Gasteiger partial charge in [0.25, 0.3) is 5.91 Å². The number of amides is 1. The molecule has 1 amide bonds. The molecule has 0 saturated heterocycles. The van der Waals surface area contributed by atoms with Gasteiger partial charge in [0.2, 0.25) is 5.82 Å². The lowest BCUT2D eigenvalue weighted by Gasteiger charge is -2.72. The van der Waals surface area contributed by atoms with Crippen molar-refractivity contribution in [2.45, 2.75) is 158 Å². The van der Waals surface area contributed by atoms with Crippen LogP contribution in [0.25, 0.3) is 0 Å². The Bertz CT molecular complexity index is 1850. The number of carbonyl (C=O) groups is 4. The first kappa shape index (κ1) is 43.0. The van der Waals surface area contributed by atoms with E-state index in [1.807, 2.05) is 27.7 Å². The number of carboxylic acid groups (broad SMARTS) is 1. The fraction of sp³-hybridized carbons (Fsp3) is 0.792. The number of esters is 1. The molecule has 10 nitrogen and oxygen atoms in total. The molecule has 0 unspecified atom stereocenters. The zero-order chi connectivity index (χ0) is 42.4. The van der Waals surface area contributed by atoms with Crippen molar-refractivity contribution in [1.82, 2.24) is 20.6 Å². The molecule has 3 N–H and O–H groups in total. The van der Waals surface area contributed by atoms with E-state index in [1.54, 1.807) is 18.5 Å². The molecule has 0 radical (unpaired) electrons. The number of carboxylic acids is 1. The minimum atomic E-state index is -0.827. The maximum absolute atomic E-state index is 14.1. The molecule has 0 bridgehead atoms. The molecule has 6 aliphatic rings. The molecule has 1 aromatic rings. The Kier molecular flexibility index (Phi) is 10.7. The van der Waals surface area contributed by atoms with Crippen LogP contribution < -0.4 is 10.6 Å². The second-order valence-corrected chi connectivity index (χ2v) is 22.6. The van der Waals surface area contributed by atoms with Crippen molar-refractivity contribution < 1.29 is 29.0 Å². The van der Waals surface area contributed by atoms with E-state index in [4.69, 9.17) is 4.74 Å². The van der Waals surface area contributed by atoms with Crippen molar-refractivity contribution in [3.8, 4) is 0 Å². The van der Waals surface area contributed by atoms with Gasteiger partial charge in [-0.05, 0) is 142 Å². The molecule has 0 aromatic carbocycles. The Morgan fingerprint density at radius 1 is 0.879 bits per heavy atom. The van der Waals surface area contributed by atoms with Gasteiger partial charge in [-0.15, -0.1) is 0 Å².